The van der Waals surface area contributed by atoms with Crippen LogP contribution in [0.1, 0.15) is 79.1 Å². The molecule has 0 bridgehead atoms. The van der Waals surface area contributed by atoms with Gasteiger partial charge in [-0.3, -0.25) is 24.1 Å². The number of carbonyl (C=O) groups excluding carboxylic acids is 4. The third-order valence-corrected chi connectivity index (χ3v) is 8.94. The lowest BCUT2D eigenvalue weighted by Gasteiger charge is -2.36. The first kappa shape index (κ1) is 35.6. The number of nitrogens with zero attached hydrogens (tertiary/aromatic N) is 2. The largest absolute Gasteiger partial charge is 0.465 e. The number of hydrogen-bond acceptors (Lipinski definition) is 7. The van der Waals surface area contributed by atoms with E-state index >= 15 is 0 Å². The number of carbonyl (C=O) groups is 5. The van der Waals surface area contributed by atoms with Gasteiger partial charge < -0.3 is 30.7 Å². The summed E-state index contributed by atoms with van der Waals surface area (Å²) in [7, 11) is 0. The van der Waals surface area contributed by atoms with Gasteiger partial charge in [0.15, 0.2) is 0 Å². The van der Waals surface area contributed by atoms with Crippen molar-refractivity contribution in [1.29, 1.82) is 0 Å². The van der Waals surface area contributed by atoms with Crippen LogP contribution in [0.5, 0.6) is 0 Å². The van der Waals surface area contributed by atoms with Crippen molar-refractivity contribution in [3.05, 3.63) is 0 Å². The zero-order chi connectivity index (χ0) is 32.7. The van der Waals surface area contributed by atoms with Crippen LogP contribution in [-0.2, 0) is 23.9 Å². The highest BCUT2D eigenvalue weighted by atomic mass is 19.3. The number of ketones is 1. The van der Waals surface area contributed by atoms with E-state index in [1.807, 2.05) is 0 Å². The van der Waals surface area contributed by atoms with Crippen molar-refractivity contribution < 1.29 is 42.6 Å². The van der Waals surface area contributed by atoms with Crippen LogP contribution in [0, 0.1) is 10.8 Å². The number of Topliss-reactive ketones (excluding diaryl/α,β-unsaturated/α-hetero) is 1. The van der Waals surface area contributed by atoms with Gasteiger partial charge in [0, 0.05) is 39.1 Å². The van der Waals surface area contributed by atoms with E-state index in [9.17, 15) is 37.9 Å². The molecule has 4 amide bonds. The van der Waals surface area contributed by atoms with Crippen LogP contribution in [-0.4, -0.2) is 114 Å². The van der Waals surface area contributed by atoms with Gasteiger partial charge in [0.05, 0.1) is 19.3 Å². The highest BCUT2D eigenvalue weighted by molar-refractivity contribution is 6.38. The highest BCUT2D eigenvalue weighted by Gasteiger charge is 2.51. The van der Waals surface area contributed by atoms with E-state index in [4.69, 9.17) is 4.74 Å². The SMILES string of the molecule is CC(F)(F)CCC(NC(=O)C1CC2(CCCCC2)CN1C(=O)C(NC(=O)O)C(C)(C)C)C(=O)C(=O)NCCN1CCOCC1. The Morgan fingerprint density at radius 1 is 1.00 bits per heavy atom. The summed E-state index contributed by atoms with van der Waals surface area (Å²) in [5.41, 5.74) is -1.17. The van der Waals surface area contributed by atoms with E-state index in [1.54, 1.807) is 20.8 Å². The zero-order valence-electron chi connectivity index (χ0n) is 26.4. The first-order valence-electron chi connectivity index (χ1n) is 15.6. The molecule has 1 spiro atoms. The molecule has 2 saturated heterocycles. The van der Waals surface area contributed by atoms with Crippen LogP contribution in [0.15, 0.2) is 0 Å². The lowest BCUT2D eigenvalue weighted by atomic mass is 9.72. The second kappa shape index (κ2) is 14.9. The minimum atomic E-state index is -3.14. The fourth-order valence-electron chi connectivity index (χ4n) is 6.46. The van der Waals surface area contributed by atoms with Gasteiger partial charge in [-0.1, -0.05) is 40.0 Å². The molecule has 4 N–H and O–H groups in total. The van der Waals surface area contributed by atoms with E-state index in [0.29, 0.717) is 46.2 Å². The van der Waals surface area contributed by atoms with Crippen LogP contribution in [0.25, 0.3) is 0 Å². The maximum atomic E-state index is 13.9. The number of likely N-dealkylation sites (tertiary alicyclic amines) is 1. The second-order valence-electron chi connectivity index (χ2n) is 13.7. The Hall–Kier alpha value is -2.87. The standard InChI is InChI=1S/C30H49F2N5O7/c1-28(2,3)23(35-27(42)43)26(41)37-19-30(9-6-5-7-10-30)18-21(37)24(39)34-20(8-11-29(4,31)32)22(38)25(40)33-12-13-36-14-16-44-17-15-36/h20-21,23,35H,5-19H2,1-4H3,(H,33,40)(H,34,39)(H,42,43). The summed E-state index contributed by atoms with van der Waals surface area (Å²) >= 11 is 0. The van der Waals surface area contributed by atoms with Gasteiger partial charge >= 0.3 is 6.09 Å². The molecule has 3 fully saturated rings. The zero-order valence-corrected chi connectivity index (χ0v) is 26.4. The Labute approximate surface area is 258 Å². The average Bonchev–Trinajstić information content (AvgIpc) is 3.31. The number of rotatable bonds is 12. The summed E-state index contributed by atoms with van der Waals surface area (Å²) in [5.74, 6) is -6.44. The molecule has 14 heteroatoms. The molecule has 3 unspecified atom stereocenters. The number of ether oxygens (including phenoxy) is 1. The second-order valence-corrected chi connectivity index (χ2v) is 13.7. The van der Waals surface area contributed by atoms with Crippen molar-refractivity contribution in [3.63, 3.8) is 0 Å². The Morgan fingerprint density at radius 3 is 2.20 bits per heavy atom. The van der Waals surface area contributed by atoms with E-state index in [-0.39, 0.29) is 18.5 Å². The minimum absolute atomic E-state index is 0.160. The van der Waals surface area contributed by atoms with Crippen molar-refractivity contribution >= 4 is 29.6 Å². The molecule has 0 radical (unpaired) electrons. The smallest absolute Gasteiger partial charge is 0.405 e. The van der Waals surface area contributed by atoms with Crippen molar-refractivity contribution in [2.75, 3.05) is 45.9 Å². The van der Waals surface area contributed by atoms with Gasteiger partial charge in [0.1, 0.15) is 12.1 Å². The summed E-state index contributed by atoms with van der Waals surface area (Å²) in [6.45, 7) is 9.22. The number of carboxylic acid groups (broad SMARTS) is 1. The predicted octanol–water partition coefficient (Wildman–Crippen LogP) is 2.16. The Morgan fingerprint density at radius 2 is 1.64 bits per heavy atom. The number of halogens is 2. The van der Waals surface area contributed by atoms with Crippen molar-refractivity contribution in [2.24, 2.45) is 10.8 Å². The molecule has 3 aliphatic rings. The normalized spacial score (nSPS) is 22.2. The fourth-order valence-corrected chi connectivity index (χ4v) is 6.46. The molecule has 2 heterocycles. The van der Waals surface area contributed by atoms with E-state index < -0.39 is 71.9 Å². The Kier molecular flexibility index (Phi) is 12.1. The molecule has 250 valence electrons. The lowest BCUT2D eigenvalue weighted by molar-refractivity contribution is -0.144. The van der Waals surface area contributed by atoms with Crippen LogP contribution in [0.2, 0.25) is 0 Å². The van der Waals surface area contributed by atoms with E-state index in [1.165, 1.54) is 4.90 Å². The summed E-state index contributed by atoms with van der Waals surface area (Å²) in [5, 5.41) is 16.8. The van der Waals surface area contributed by atoms with Crippen LogP contribution in [0.3, 0.4) is 0 Å². The molecule has 2 aliphatic heterocycles. The molecular weight excluding hydrogens is 580 g/mol. The van der Waals surface area contributed by atoms with Crippen LogP contribution in [0.4, 0.5) is 13.6 Å². The monoisotopic (exact) mass is 629 g/mol. The Balaban J connectivity index is 1.79. The summed E-state index contributed by atoms with van der Waals surface area (Å²) in [6, 6.07) is -3.72. The maximum absolute atomic E-state index is 13.9. The number of morpholine rings is 1. The molecule has 3 rings (SSSR count). The van der Waals surface area contributed by atoms with Crippen LogP contribution >= 0.6 is 0 Å². The molecular formula is C30H49F2N5O7. The molecule has 0 aromatic carbocycles. The van der Waals surface area contributed by atoms with Gasteiger partial charge in [-0.25, -0.2) is 13.6 Å². The summed E-state index contributed by atoms with van der Waals surface area (Å²) < 4.78 is 33.0. The number of nitrogens with one attached hydrogen (secondary N) is 3. The molecule has 0 aromatic rings. The van der Waals surface area contributed by atoms with Gasteiger partial charge in [0.2, 0.25) is 23.5 Å². The average molecular weight is 630 g/mol. The first-order chi connectivity index (χ1) is 20.5. The minimum Gasteiger partial charge on any atom is -0.465 e. The van der Waals surface area contributed by atoms with Gasteiger partial charge in [0.25, 0.3) is 5.91 Å². The van der Waals surface area contributed by atoms with E-state index in [2.05, 4.69) is 20.9 Å². The first-order valence-corrected chi connectivity index (χ1v) is 15.6. The van der Waals surface area contributed by atoms with Gasteiger partial charge in [-0.05, 0) is 43.4 Å². The van der Waals surface area contributed by atoms with Crippen molar-refractivity contribution in [2.45, 2.75) is 103 Å². The number of hydrogen-bond donors (Lipinski definition) is 4. The van der Waals surface area contributed by atoms with Gasteiger partial charge in [-0.15, -0.1) is 0 Å². The van der Waals surface area contributed by atoms with Crippen molar-refractivity contribution in [1.82, 2.24) is 25.8 Å². The quantitative estimate of drug-likeness (QED) is 0.239. The third-order valence-electron chi connectivity index (χ3n) is 8.94. The Bertz CT molecular complexity index is 1050. The molecule has 44 heavy (non-hydrogen) atoms. The third kappa shape index (κ3) is 10.1. The predicted molar refractivity (Wildman–Crippen MR) is 157 cm³/mol. The molecule has 1 aliphatic carbocycles. The molecule has 12 nitrogen and oxygen atoms in total. The fraction of sp³-hybridized carbons (Fsp3) is 0.833. The maximum Gasteiger partial charge on any atom is 0.405 e. The van der Waals surface area contributed by atoms with Gasteiger partial charge in [-0.2, -0.15) is 0 Å². The number of amides is 4. The molecule has 3 atom stereocenters. The summed E-state index contributed by atoms with van der Waals surface area (Å²) in [6.07, 6.45) is 2.14. The highest BCUT2D eigenvalue weighted by Crippen LogP contribution is 2.47. The molecule has 0 aromatic heterocycles. The van der Waals surface area contributed by atoms with Crippen LogP contribution < -0.4 is 16.0 Å². The number of alkyl halides is 2. The lowest BCUT2D eigenvalue weighted by Crippen LogP contribution is -2.59. The molecule has 1 saturated carbocycles. The summed E-state index contributed by atoms with van der Waals surface area (Å²) in [4.78, 5) is 68.7. The van der Waals surface area contributed by atoms with Crippen molar-refractivity contribution in [3.8, 4) is 0 Å². The topological polar surface area (TPSA) is 157 Å². The van der Waals surface area contributed by atoms with E-state index in [0.717, 1.165) is 32.1 Å².